The van der Waals surface area contributed by atoms with E-state index in [1.165, 1.54) is 6.07 Å². The summed E-state index contributed by atoms with van der Waals surface area (Å²) < 4.78 is 11.8. The number of nitrogens with zero attached hydrogens (tertiary/aromatic N) is 1. The zero-order valence-corrected chi connectivity index (χ0v) is 12.4. The van der Waals surface area contributed by atoms with E-state index >= 15 is 0 Å². The minimum atomic E-state index is -1.21. The van der Waals surface area contributed by atoms with Crippen LogP contribution in [0.1, 0.15) is 33.3 Å². The van der Waals surface area contributed by atoms with Crippen molar-refractivity contribution in [1.29, 1.82) is 5.26 Å². The van der Waals surface area contributed by atoms with Gasteiger partial charge < -0.3 is 14.4 Å². The summed E-state index contributed by atoms with van der Waals surface area (Å²) in [6.07, 6.45) is -1.21. The topological polar surface area (TPSA) is 91.6 Å². The van der Waals surface area contributed by atoms with E-state index in [9.17, 15) is 4.79 Å². The van der Waals surface area contributed by atoms with Crippen molar-refractivity contribution in [3.8, 4) is 6.07 Å². The van der Waals surface area contributed by atoms with Crippen molar-refractivity contribution in [3.05, 3.63) is 23.8 Å². The van der Waals surface area contributed by atoms with E-state index in [4.69, 9.17) is 19.7 Å². The fourth-order valence-electron chi connectivity index (χ4n) is 2.02. The van der Waals surface area contributed by atoms with Crippen LogP contribution in [0.25, 0.3) is 0 Å². The van der Waals surface area contributed by atoms with E-state index in [0.29, 0.717) is 16.7 Å². The number of benzene rings is 1. The maximum Gasteiger partial charge on any atom is 0.496 e. The molecule has 2 rings (SSSR count). The highest BCUT2D eigenvalue weighted by molar-refractivity contribution is 6.64. The Labute approximate surface area is 123 Å². The maximum atomic E-state index is 10.9. The van der Waals surface area contributed by atoms with Crippen molar-refractivity contribution in [1.82, 2.24) is 0 Å². The van der Waals surface area contributed by atoms with Crippen LogP contribution in [-0.2, 0) is 9.31 Å². The molecule has 0 saturated carbocycles. The molecule has 2 N–H and O–H groups in total. The molecule has 1 amide bonds. The Morgan fingerprint density at radius 1 is 1.29 bits per heavy atom. The molecule has 0 aliphatic carbocycles. The summed E-state index contributed by atoms with van der Waals surface area (Å²) in [7, 11) is -0.690. The maximum absolute atomic E-state index is 10.9. The number of amides is 1. The molecule has 0 unspecified atom stereocenters. The predicted octanol–water partition coefficient (Wildman–Crippen LogP) is 1.95. The molecule has 1 fully saturated rings. The van der Waals surface area contributed by atoms with E-state index in [2.05, 4.69) is 5.32 Å². The second-order valence-electron chi connectivity index (χ2n) is 5.93. The second kappa shape index (κ2) is 5.06. The number of hydrogen-bond donors (Lipinski definition) is 2. The summed E-state index contributed by atoms with van der Waals surface area (Å²) in [4.78, 5) is 10.9. The quantitative estimate of drug-likeness (QED) is 0.811. The molecule has 1 aliphatic rings. The van der Waals surface area contributed by atoms with Gasteiger partial charge in [-0.05, 0) is 39.8 Å². The first-order valence-electron chi connectivity index (χ1n) is 6.56. The predicted molar refractivity (Wildman–Crippen MR) is 78.5 cm³/mol. The molecule has 0 radical (unpaired) electrons. The number of carboxylic acid groups (broad SMARTS) is 1. The zero-order chi connectivity index (χ0) is 15.8. The average molecular weight is 288 g/mol. The largest absolute Gasteiger partial charge is 0.496 e. The summed E-state index contributed by atoms with van der Waals surface area (Å²) in [6.45, 7) is 7.67. The molecule has 1 saturated heterocycles. The molecule has 1 aromatic carbocycles. The molecule has 6 nitrogen and oxygen atoms in total. The third-order valence-corrected chi connectivity index (χ3v) is 3.93. The summed E-state index contributed by atoms with van der Waals surface area (Å²) in [5.74, 6) is 0. The number of carbonyl (C=O) groups is 1. The molecule has 1 aromatic rings. The van der Waals surface area contributed by atoms with Crippen molar-refractivity contribution in [2.24, 2.45) is 0 Å². The van der Waals surface area contributed by atoms with Crippen LogP contribution in [0.5, 0.6) is 0 Å². The Kier molecular flexibility index (Phi) is 3.70. The lowest BCUT2D eigenvalue weighted by Gasteiger charge is -2.32. The zero-order valence-electron chi connectivity index (χ0n) is 12.4. The van der Waals surface area contributed by atoms with Crippen LogP contribution >= 0.6 is 0 Å². The third kappa shape index (κ3) is 2.87. The van der Waals surface area contributed by atoms with Gasteiger partial charge in [-0.1, -0.05) is 6.07 Å². The van der Waals surface area contributed by atoms with Crippen LogP contribution in [0.15, 0.2) is 18.2 Å². The van der Waals surface area contributed by atoms with Crippen LogP contribution in [0.3, 0.4) is 0 Å². The van der Waals surface area contributed by atoms with Gasteiger partial charge in [0, 0.05) is 11.2 Å². The first-order valence-corrected chi connectivity index (χ1v) is 6.56. The fraction of sp³-hybridized carbons (Fsp3) is 0.429. The van der Waals surface area contributed by atoms with Crippen molar-refractivity contribution in [2.45, 2.75) is 38.9 Å². The van der Waals surface area contributed by atoms with Gasteiger partial charge in [-0.25, -0.2) is 4.79 Å². The first-order chi connectivity index (χ1) is 9.66. The summed E-state index contributed by atoms with van der Waals surface area (Å²) in [5, 5.41) is 20.1. The highest BCUT2D eigenvalue weighted by Crippen LogP contribution is 2.37. The van der Waals surface area contributed by atoms with Crippen LogP contribution in [0.4, 0.5) is 10.5 Å². The molecular weight excluding hydrogens is 271 g/mol. The average Bonchev–Trinajstić information content (AvgIpc) is 2.57. The van der Waals surface area contributed by atoms with Crippen molar-refractivity contribution in [3.63, 3.8) is 0 Å². The van der Waals surface area contributed by atoms with Crippen molar-refractivity contribution >= 4 is 24.4 Å². The molecule has 7 heteroatoms. The Morgan fingerprint density at radius 3 is 2.33 bits per heavy atom. The molecule has 0 spiro atoms. The van der Waals surface area contributed by atoms with Gasteiger partial charge in [0.15, 0.2) is 0 Å². The highest BCUT2D eigenvalue weighted by atomic mass is 16.7. The lowest BCUT2D eigenvalue weighted by molar-refractivity contribution is 0.00578. The number of nitrogens with one attached hydrogen (secondary N) is 1. The van der Waals surface area contributed by atoms with Gasteiger partial charge in [0.2, 0.25) is 0 Å². The number of nitriles is 1. The molecule has 0 atom stereocenters. The number of rotatable bonds is 2. The van der Waals surface area contributed by atoms with E-state index in [-0.39, 0.29) is 0 Å². The van der Waals surface area contributed by atoms with Gasteiger partial charge in [0.25, 0.3) is 0 Å². The molecule has 110 valence electrons. The highest BCUT2D eigenvalue weighted by Gasteiger charge is 2.52. The Morgan fingerprint density at radius 2 is 1.86 bits per heavy atom. The molecular formula is C14H17BN2O4. The molecule has 1 aliphatic heterocycles. The Hall–Kier alpha value is -2.04. The Bertz CT molecular complexity index is 606. The smallest absolute Gasteiger partial charge is 0.465 e. The lowest BCUT2D eigenvalue weighted by atomic mass is 9.77. The van der Waals surface area contributed by atoms with Crippen molar-refractivity contribution in [2.75, 3.05) is 5.32 Å². The molecule has 0 aromatic heterocycles. The normalized spacial score (nSPS) is 19.1. The van der Waals surface area contributed by atoms with E-state index in [1.54, 1.807) is 12.1 Å². The van der Waals surface area contributed by atoms with Gasteiger partial charge in [0.05, 0.1) is 22.8 Å². The van der Waals surface area contributed by atoms with Crippen LogP contribution in [-0.4, -0.2) is 29.5 Å². The second-order valence-corrected chi connectivity index (χ2v) is 5.93. The summed E-state index contributed by atoms with van der Waals surface area (Å²) in [6, 6.07) is 6.69. The van der Waals surface area contributed by atoms with Gasteiger partial charge in [-0.3, -0.25) is 5.32 Å². The lowest BCUT2D eigenvalue weighted by Crippen LogP contribution is -2.41. The van der Waals surface area contributed by atoms with Crippen LogP contribution in [0.2, 0.25) is 0 Å². The SMILES string of the molecule is CC1(C)OB(c2ccc(C#N)cc2NC(=O)O)OC1(C)C. The minimum absolute atomic E-state index is 0.292. The van der Waals surface area contributed by atoms with Crippen LogP contribution in [0, 0.1) is 11.3 Å². The van der Waals surface area contributed by atoms with Gasteiger partial charge in [-0.15, -0.1) is 0 Å². The summed E-state index contributed by atoms with van der Waals surface area (Å²) in [5.41, 5.74) is 0.159. The van der Waals surface area contributed by atoms with Gasteiger partial charge in [-0.2, -0.15) is 5.26 Å². The fourth-order valence-corrected chi connectivity index (χ4v) is 2.02. The molecule has 21 heavy (non-hydrogen) atoms. The molecule has 0 bridgehead atoms. The summed E-state index contributed by atoms with van der Waals surface area (Å²) >= 11 is 0. The Balaban J connectivity index is 2.41. The van der Waals surface area contributed by atoms with E-state index in [0.717, 1.165) is 0 Å². The van der Waals surface area contributed by atoms with E-state index in [1.807, 2.05) is 33.8 Å². The van der Waals surface area contributed by atoms with Gasteiger partial charge >= 0.3 is 13.2 Å². The monoisotopic (exact) mass is 288 g/mol. The minimum Gasteiger partial charge on any atom is -0.465 e. The van der Waals surface area contributed by atoms with Crippen molar-refractivity contribution < 1.29 is 19.2 Å². The molecule has 1 heterocycles. The number of hydrogen-bond acceptors (Lipinski definition) is 4. The van der Waals surface area contributed by atoms with E-state index < -0.39 is 24.4 Å². The van der Waals surface area contributed by atoms with Gasteiger partial charge in [0.1, 0.15) is 0 Å². The third-order valence-electron chi connectivity index (χ3n) is 3.93. The number of anilines is 1. The first kappa shape index (κ1) is 15.4. The standard InChI is InChI=1S/C14H17BN2O4/c1-13(2)14(3,4)21-15(20-13)10-6-5-9(8-16)7-11(10)17-12(18)19/h5-7,17H,1-4H3,(H,18,19). The van der Waals surface area contributed by atoms with Crippen LogP contribution < -0.4 is 10.8 Å².